The number of hydrogen-bond donors (Lipinski definition) is 2. The second kappa shape index (κ2) is 5.45. The van der Waals surface area contributed by atoms with Gasteiger partial charge in [0.05, 0.1) is 13.2 Å². The van der Waals surface area contributed by atoms with Gasteiger partial charge in [0.2, 0.25) is 0 Å². The number of benzene rings is 1. The first-order valence-corrected chi connectivity index (χ1v) is 4.24. The summed E-state index contributed by atoms with van der Waals surface area (Å²) in [6.45, 7) is 0.797. The molecular formula is C10H13NO2. The van der Waals surface area contributed by atoms with Crippen LogP contribution in [0.25, 0.3) is 0 Å². The highest BCUT2D eigenvalue weighted by molar-refractivity contribution is 5.97. The van der Waals surface area contributed by atoms with Gasteiger partial charge in [-0.25, -0.2) is 0 Å². The van der Waals surface area contributed by atoms with Gasteiger partial charge in [0, 0.05) is 12.1 Å². The monoisotopic (exact) mass is 179 g/mol. The Balaban J connectivity index is 2.40. The van der Waals surface area contributed by atoms with Gasteiger partial charge in [0.25, 0.3) is 0 Å². The van der Waals surface area contributed by atoms with Crippen molar-refractivity contribution >= 4 is 5.78 Å². The average molecular weight is 179 g/mol. The Bertz CT molecular complexity index is 259. The molecule has 2 N–H and O–H groups in total. The average Bonchev–Trinajstić information content (AvgIpc) is 2.19. The van der Waals surface area contributed by atoms with Crippen molar-refractivity contribution in [2.45, 2.75) is 0 Å². The maximum Gasteiger partial charge on any atom is 0.176 e. The fraction of sp³-hybridized carbons (Fsp3) is 0.300. The normalized spacial score (nSPS) is 9.92. The Hall–Kier alpha value is -1.19. The molecule has 0 atom stereocenters. The number of carbonyl (C=O) groups excluding carboxylic acids is 1. The summed E-state index contributed by atoms with van der Waals surface area (Å²) in [5.74, 6) is 0.0500. The zero-order valence-corrected chi connectivity index (χ0v) is 7.36. The molecule has 0 unspecified atom stereocenters. The fourth-order valence-electron chi connectivity index (χ4n) is 1.01. The van der Waals surface area contributed by atoms with E-state index >= 15 is 0 Å². The third kappa shape index (κ3) is 3.36. The van der Waals surface area contributed by atoms with Gasteiger partial charge >= 0.3 is 0 Å². The Labute approximate surface area is 77.4 Å². The Morgan fingerprint density at radius 1 is 1.31 bits per heavy atom. The van der Waals surface area contributed by atoms with Crippen LogP contribution in [-0.4, -0.2) is 30.6 Å². The van der Waals surface area contributed by atoms with Crippen molar-refractivity contribution in [3.05, 3.63) is 35.9 Å². The molecule has 0 fully saturated rings. The van der Waals surface area contributed by atoms with Crippen molar-refractivity contribution in [3.8, 4) is 0 Å². The predicted octanol–water partition coefficient (Wildman–Crippen LogP) is 0.451. The van der Waals surface area contributed by atoms with Gasteiger partial charge in [-0.1, -0.05) is 30.3 Å². The van der Waals surface area contributed by atoms with Gasteiger partial charge in [-0.05, 0) is 0 Å². The van der Waals surface area contributed by atoms with E-state index in [2.05, 4.69) is 5.32 Å². The van der Waals surface area contributed by atoms with Crippen molar-refractivity contribution in [2.24, 2.45) is 0 Å². The molecule has 0 saturated heterocycles. The smallest absolute Gasteiger partial charge is 0.176 e. The molecule has 1 rings (SSSR count). The molecule has 1 aromatic carbocycles. The standard InChI is InChI=1S/C10H13NO2/c12-7-6-11-8-10(13)9-4-2-1-3-5-9/h1-5,11-12H,6-8H2. The Morgan fingerprint density at radius 3 is 2.62 bits per heavy atom. The maximum atomic E-state index is 11.4. The minimum atomic E-state index is 0.0500. The number of hydrogen-bond acceptors (Lipinski definition) is 3. The predicted molar refractivity (Wildman–Crippen MR) is 50.7 cm³/mol. The van der Waals surface area contributed by atoms with Crippen LogP contribution in [0.1, 0.15) is 10.4 Å². The number of aliphatic hydroxyl groups is 1. The van der Waals surface area contributed by atoms with Crippen LogP contribution in [-0.2, 0) is 0 Å². The number of carbonyl (C=O) groups is 1. The molecule has 1 aromatic rings. The van der Waals surface area contributed by atoms with Crippen LogP contribution >= 0.6 is 0 Å². The summed E-state index contributed by atoms with van der Waals surface area (Å²) in [6.07, 6.45) is 0. The number of nitrogens with one attached hydrogen (secondary N) is 1. The molecule has 0 saturated carbocycles. The first-order valence-electron chi connectivity index (χ1n) is 4.24. The number of rotatable bonds is 5. The molecule has 3 nitrogen and oxygen atoms in total. The summed E-state index contributed by atoms with van der Waals surface area (Å²) in [5, 5.41) is 11.3. The van der Waals surface area contributed by atoms with E-state index in [0.717, 1.165) is 0 Å². The third-order valence-corrected chi connectivity index (χ3v) is 1.67. The van der Waals surface area contributed by atoms with E-state index in [4.69, 9.17) is 5.11 Å². The largest absolute Gasteiger partial charge is 0.395 e. The number of Topliss-reactive ketones (excluding diaryl/α,β-unsaturated/α-hetero) is 1. The molecule has 0 aliphatic heterocycles. The van der Waals surface area contributed by atoms with Crippen LogP contribution in [0.3, 0.4) is 0 Å². The molecule has 0 aliphatic carbocycles. The van der Waals surface area contributed by atoms with Gasteiger partial charge in [0.1, 0.15) is 0 Å². The van der Waals surface area contributed by atoms with Crippen molar-refractivity contribution in [1.82, 2.24) is 5.32 Å². The minimum Gasteiger partial charge on any atom is -0.395 e. The zero-order chi connectivity index (χ0) is 9.52. The first kappa shape index (κ1) is 9.89. The summed E-state index contributed by atoms with van der Waals surface area (Å²) in [5.41, 5.74) is 0.702. The van der Waals surface area contributed by atoms with Crippen molar-refractivity contribution in [1.29, 1.82) is 0 Å². The summed E-state index contributed by atoms with van der Waals surface area (Å²) in [6, 6.07) is 9.10. The zero-order valence-electron chi connectivity index (χ0n) is 7.36. The van der Waals surface area contributed by atoms with Crippen molar-refractivity contribution < 1.29 is 9.90 Å². The van der Waals surface area contributed by atoms with Crippen LogP contribution in [0.4, 0.5) is 0 Å². The molecule has 13 heavy (non-hydrogen) atoms. The molecule has 0 aromatic heterocycles. The lowest BCUT2D eigenvalue weighted by Crippen LogP contribution is -2.25. The molecule has 0 spiro atoms. The second-order valence-corrected chi connectivity index (χ2v) is 2.69. The molecule has 70 valence electrons. The fourth-order valence-corrected chi connectivity index (χ4v) is 1.01. The molecule has 3 heteroatoms. The van der Waals surface area contributed by atoms with Gasteiger partial charge in [0.15, 0.2) is 5.78 Å². The van der Waals surface area contributed by atoms with Crippen molar-refractivity contribution in [3.63, 3.8) is 0 Å². The molecule has 0 heterocycles. The summed E-state index contributed by atoms with van der Waals surface area (Å²) >= 11 is 0. The van der Waals surface area contributed by atoms with E-state index in [9.17, 15) is 4.79 Å². The minimum absolute atomic E-state index is 0.0500. The Morgan fingerprint density at radius 2 is 2.00 bits per heavy atom. The van der Waals surface area contributed by atoms with E-state index in [0.29, 0.717) is 12.1 Å². The molecular weight excluding hydrogens is 166 g/mol. The quantitative estimate of drug-likeness (QED) is 0.509. The number of aliphatic hydroxyl groups excluding tert-OH is 1. The number of ketones is 1. The molecule has 0 amide bonds. The second-order valence-electron chi connectivity index (χ2n) is 2.69. The highest BCUT2D eigenvalue weighted by atomic mass is 16.3. The van der Waals surface area contributed by atoms with E-state index in [1.807, 2.05) is 18.2 Å². The summed E-state index contributed by atoms with van der Waals surface area (Å²) < 4.78 is 0. The summed E-state index contributed by atoms with van der Waals surface area (Å²) in [7, 11) is 0. The van der Waals surface area contributed by atoms with Crippen LogP contribution in [0.15, 0.2) is 30.3 Å². The summed E-state index contributed by atoms with van der Waals surface area (Å²) in [4.78, 5) is 11.4. The van der Waals surface area contributed by atoms with Gasteiger partial charge in [-0.15, -0.1) is 0 Å². The molecule has 0 bridgehead atoms. The Kier molecular flexibility index (Phi) is 4.15. The van der Waals surface area contributed by atoms with Crippen LogP contribution in [0.2, 0.25) is 0 Å². The lowest BCUT2D eigenvalue weighted by molar-refractivity contribution is 0.0989. The molecule has 0 radical (unpaired) electrons. The van der Waals surface area contributed by atoms with Crippen LogP contribution in [0, 0.1) is 0 Å². The van der Waals surface area contributed by atoms with E-state index in [-0.39, 0.29) is 18.9 Å². The third-order valence-electron chi connectivity index (χ3n) is 1.67. The van der Waals surface area contributed by atoms with E-state index < -0.39 is 0 Å². The van der Waals surface area contributed by atoms with Crippen molar-refractivity contribution in [2.75, 3.05) is 19.7 Å². The van der Waals surface area contributed by atoms with Gasteiger partial charge < -0.3 is 10.4 Å². The highest BCUT2D eigenvalue weighted by Gasteiger charge is 2.02. The SMILES string of the molecule is O=C(CNCCO)c1ccccc1. The topological polar surface area (TPSA) is 49.3 Å². The lowest BCUT2D eigenvalue weighted by Gasteiger charge is -2.01. The van der Waals surface area contributed by atoms with E-state index in [1.54, 1.807) is 12.1 Å². The first-order chi connectivity index (χ1) is 6.34. The van der Waals surface area contributed by atoms with Gasteiger partial charge in [-0.3, -0.25) is 4.79 Å². The van der Waals surface area contributed by atoms with Gasteiger partial charge in [-0.2, -0.15) is 0 Å². The molecule has 0 aliphatic rings. The van der Waals surface area contributed by atoms with Crippen LogP contribution < -0.4 is 5.32 Å². The highest BCUT2D eigenvalue weighted by Crippen LogP contribution is 1.98. The van der Waals surface area contributed by atoms with Crippen LogP contribution in [0.5, 0.6) is 0 Å². The maximum absolute atomic E-state index is 11.4. The van der Waals surface area contributed by atoms with E-state index in [1.165, 1.54) is 0 Å². The lowest BCUT2D eigenvalue weighted by atomic mass is 10.1.